The molecular formula is C10H13F8NO5S. The largest absolute Gasteiger partial charge is 0.463 e. The van der Waals surface area contributed by atoms with E-state index in [1.54, 1.807) is 13.8 Å². The number of carbonyl (C=O) groups is 1. The van der Waals surface area contributed by atoms with E-state index in [9.17, 15) is 48.3 Å². The Morgan fingerprint density at radius 1 is 1.08 bits per heavy atom. The molecule has 0 fully saturated rings. The maximum absolute atomic E-state index is 12.6. The molecular weight excluding hydrogens is 398 g/mol. The van der Waals surface area contributed by atoms with E-state index in [0.29, 0.717) is 12.2 Å². The Hall–Kier alpha value is -1.48. The molecule has 150 valence electrons. The molecule has 0 saturated carbocycles. The third-order valence-electron chi connectivity index (χ3n) is 2.18. The van der Waals surface area contributed by atoms with Crippen LogP contribution >= 0.6 is 0 Å². The van der Waals surface area contributed by atoms with E-state index in [2.05, 4.69) is 17.0 Å². The van der Waals surface area contributed by atoms with Crippen molar-refractivity contribution < 1.29 is 57.6 Å². The zero-order valence-corrected chi connectivity index (χ0v) is 13.3. The highest BCUT2D eigenvalue weighted by Crippen LogP contribution is 2.52. The van der Waals surface area contributed by atoms with Gasteiger partial charge in [0.05, 0.1) is 6.61 Å². The van der Waals surface area contributed by atoms with Gasteiger partial charge in [0.1, 0.15) is 0 Å². The lowest BCUT2D eigenvalue weighted by Gasteiger charge is -2.33. The highest BCUT2D eigenvalue weighted by atomic mass is 32.2. The molecule has 3 N–H and O–H groups in total. The van der Waals surface area contributed by atoms with Crippen LogP contribution in [0.4, 0.5) is 35.1 Å². The van der Waals surface area contributed by atoms with Crippen LogP contribution in [-0.2, 0) is 19.6 Å². The first-order valence-electron chi connectivity index (χ1n) is 5.78. The Morgan fingerprint density at radius 2 is 1.44 bits per heavy atom. The average Bonchev–Trinajstić information content (AvgIpc) is 2.36. The summed E-state index contributed by atoms with van der Waals surface area (Å²) in [5.74, 6) is -14.3. The standard InChI is InChI=1S/C6H10O2.C4H3F8NO3S/c1-4-8-6(7)5(2)3;5-1(6,3(9,10)11)2(7,8)4(12,13)17(14,15)16/h2,4H2,1,3H3;13H2,(H,14,15,16). The quantitative estimate of drug-likeness (QED) is 0.237. The van der Waals surface area contributed by atoms with Gasteiger partial charge in [0, 0.05) is 5.57 Å². The van der Waals surface area contributed by atoms with Crippen LogP contribution in [0.25, 0.3) is 0 Å². The van der Waals surface area contributed by atoms with Crippen LogP contribution in [0.1, 0.15) is 13.8 Å². The predicted molar refractivity (Wildman–Crippen MR) is 67.0 cm³/mol. The summed E-state index contributed by atoms with van der Waals surface area (Å²) in [5.41, 5.74) is 3.97. The van der Waals surface area contributed by atoms with Gasteiger partial charge in [-0.25, -0.2) is 4.79 Å². The van der Waals surface area contributed by atoms with Crippen molar-refractivity contribution in [2.75, 3.05) is 6.61 Å². The molecule has 1 atom stereocenters. The van der Waals surface area contributed by atoms with Gasteiger partial charge in [-0.1, -0.05) is 6.58 Å². The predicted octanol–water partition coefficient (Wildman–Crippen LogP) is 2.41. The molecule has 25 heavy (non-hydrogen) atoms. The first kappa shape index (κ1) is 25.8. The molecule has 0 aromatic rings. The van der Waals surface area contributed by atoms with Crippen LogP contribution in [-0.4, -0.2) is 48.7 Å². The summed E-state index contributed by atoms with van der Waals surface area (Å²) in [7, 11) is -6.72. The Balaban J connectivity index is 0. The summed E-state index contributed by atoms with van der Waals surface area (Å²) >= 11 is 0. The second-order valence-corrected chi connectivity index (χ2v) is 5.81. The van der Waals surface area contributed by atoms with Gasteiger partial charge in [-0.15, -0.1) is 0 Å². The highest BCUT2D eigenvalue weighted by Gasteiger charge is 2.83. The van der Waals surface area contributed by atoms with Crippen molar-refractivity contribution in [2.45, 2.75) is 37.0 Å². The Bertz CT molecular complexity index is 599. The third-order valence-corrected chi connectivity index (χ3v) is 3.18. The minimum Gasteiger partial charge on any atom is -0.463 e. The highest BCUT2D eigenvalue weighted by molar-refractivity contribution is 7.87. The van der Waals surface area contributed by atoms with Gasteiger partial charge in [0.2, 0.25) is 0 Å². The number of nitrogens with two attached hydrogens (primary N) is 1. The molecule has 0 aliphatic heterocycles. The first-order chi connectivity index (χ1) is 10.7. The molecule has 0 rings (SSSR count). The van der Waals surface area contributed by atoms with E-state index < -0.39 is 33.3 Å². The number of esters is 1. The zero-order valence-electron chi connectivity index (χ0n) is 12.5. The first-order valence-corrected chi connectivity index (χ1v) is 7.22. The molecule has 6 nitrogen and oxygen atoms in total. The molecule has 0 amide bonds. The van der Waals surface area contributed by atoms with Gasteiger partial charge in [0.25, 0.3) is 0 Å². The molecule has 0 spiro atoms. The van der Waals surface area contributed by atoms with Crippen molar-refractivity contribution >= 4 is 16.1 Å². The molecule has 1 unspecified atom stereocenters. The molecule has 15 heteroatoms. The van der Waals surface area contributed by atoms with Gasteiger partial charge in [-0.2, -0.15) is 43.5 Å². The van der Waals surface area contributed by atoms with Crippen molar-refractivity contribution in [3.8, 4) is 0 Å². The lowest BCUT2D eigenvalue weighted by atomic mass is 10.1. The fraction of sp³-hybridized carbons (Fsp3) is 0.700. The molecule has 0 heterocycles. The Labute approximate surface area is 136 Å². The second-order valence-electron chi connectivity index (χ2n) is 4.27. The molecule has 0 aliphatic carbocycles. The number of alkyl halides is 8. The van der Waals surface area contributed by atoms with Gasteiger partial charge < -0.3 is 4.74 Å². The summed E-state index contributed by atoms with van der Waals surface area (Å²) < 4.78 is 129. The maximum atomic E-state index is 12.6. The molecule has 0 saturated heterocycles. The van der Waals surface area contributed by atoms with Crippen molar-refractivity contribution in [3.63, 3.8) is 0 Å². The minimum absolute atomic E-state index is 0.312. The lowest BCUT2D eigenvalue weighted by Crippen LogP contribution is -2.68. The molecule has 0 aliphatic rings. The van der Waals surface area contributed by atoms with Gasteiger partial charge >= 0.3 is 39.2 Å². The van der Waals surface area contributed by atoms with E-state index >= 15 is 0 Å². The van der Waals surface area contributed by atoms with Crippen molar-refractivity contribution in [1.29, 1.82) is 0 Å². The van der Waals surface area contributed by atoms with E-state index in [4.69, 9.17) is 4.55 Å². The SMILES string of the molecule is C=C(C)C(=O)OCC.NC(F)(C(F)(F)C(F)(F)C(F)(F)F)S(=O)(=O)O. The number of hydrogen-bond acceptors (Lipinski definition) is 5. The van der Waals surface area contributed by atoms with Crippen LogP contribution in [0, 0.1) is 0 Å². The van der Waals surface area contributed by atoms with Crippen molar-refractivity contribution in [2.24, 2.45) is 5.73 Å². The van der Waals surface area contributed by atoms with Crippen LogP contribution in [0.2, 0.25) is 0 Å². The Morgan fingerprint density at radius 3 is 1.60 bits per heavy atom. The lowest BCUT2D eigenvalue weighted by molar-refractivity contribution is -0.370. The van der Waals surface area contributed by atoms with E-state index in [1.807, 2.05) is 0 Å². The van der Waals surface area contributed by atoms with Crippen LogP contribution < -0.4 is 5.73 Å². The van der Waals surface area contributed by atoms with Crippen LogP contribution in [0.15, 0.2) is 12.2 Å². The number of ether oxygens (including phenoxy) is 1. The summed E-state index contributed by atoms with van der Waals surface area (Å²) in [6.45, 7) is 7.21. The molecule has 0 aromatic carbocycles. The maximum Gasteiger partial charge on any atom is 0.460 e. The second kappa shape index (κ2) is 7.82. The molecule has 0 aromatic heterocycles. The third kappa shape index (κ3) is 5.50. The smallest absolute Gasteiger partial charge is 0.460 e. The van der Waals surface area contributed by atoms with Gasteiger partial charge in [-0.05, 0) is 13.8 Å². The number of halogens is 8. The zero-order chi connectivity index (χ0) is 21.1. The summed E-state index contributed by atoms with van der Waals surface area (Å²) in [5, 5.41) is -6.00. The average molecular weight is 411 g/mol. The summed E-state index contributed by atoms with van der Waals surface area (Å²) in [4.78, 5) is 10.4. The monoisotopic (exact) mass is 411 g/mol. The molecule has 0 bridgehead atoms. The fourth-order valence-corrected chi connectivity index (χ4v) is 1.26. The fourth-order valence-electron chi connectivity index (χ4n) is 0.808. The summed E-state index contributed by atoms with van der Waals surface area (Å²) in [6.07, 6.45) is -6.97. The van der Waals surface area contributed by atoms with Gasteiger partial charge in [0.15, 0.2) is 0 Å². The van der Waals surface area contributed by atoms with Crippen molar-refractivity contribution in [3.05, 3.63) is 12.2 Å². The number of rotatable bonds is 5. The van der Waals surface area contributed by atoms with Gasteiger partial charge in [-0.3, -0.25) is 10.3 Å². The number of hydrogen-bond donors (Lipinski definition) is 2. The van der Waals surface area contributed by atoms with Crippen molar-refractivity contribution in [1.82, 2.24) is 0 Å². The number of carbonyl (C=O) groups excluding carboxylic acids is 1. The van der Waals surface area contributed by atoms with Crippen LogP contribution in [0.3, 0.4) is 0 Å². The van der Waals surface area contributed by atoms with E-state index in [-0.39, 0.29) is 5.97 Å². The minimum atomic E-state index is -7.10. The Kier molecular flexibility index (Phi) is 8.06. The van der Waals surface area contributed by atoms with E-state index in [1.165, 1.54) is 0 Å². The normalized spacial score (nSPS) is 15.5. The van der Waals surface area contributed by atoms with E-state index in [0.717, 1.165) is 0 Å². The summed E-state index contributed by atoms with van der Waals surface area (Å²) in [6, 6.07) is 0. The van der Waals surface area contributed by atoms with Crippen LogP contribution in [0.5, 0.6) is 0 Å². The topological polar surface area (TPSA) is 107 Å². The molecule has 0 radical (unpaired) electrons.